The zero-order valence-corrected chi connectivity index (χ0v) is 27.6. The SMILES string of the molecule is CCCCCCCCCCCCCC(=O)NC(CC(C)C(=O)NC(CC(C)C(=O)O)C(=O)O)C(=O)NC(CCCC(=O)O)C(=O)O. The predicted octanol–water partition coefficient (Wildman–Crippen LogP) is 3.70. The van der Waals surface area contributed by atoms with Gasteiger partial charge in [0.05, 0.1) is 5.92 Å². The van der Waals surface area contributed by atoms with Crippen LogP contribution in [-0.4, -0.2) is 80.2 Å². The quantitative estimate of drug-likeness (QED) is 0.0599. The molecule has 46 heavy (non-hydrogen) atoms. The first-order valence-corrected chi connectivity index (χ1v) is 16.5. The van der Waals surface area contributed by atoms with Crippen LogP contribution >= 0.6 is 0 Å². The van der Waals surface area contributed by atoms with Gasteiger partial charge in [0.25, 0.3) is 0 Å². The van der Waals surface area contributed by atoms with Gasteiger partial charge < -0.3 is 36.4 Å². The third kappa shape index (κ3) is 20.3. The normalized spacial score (nSPS) is 14.2. The highest BCUT2D eigenvalue weighted by molar-refractivity contribution is 5.91. The number of hydrogen-bond acceptors (Lipinski definition) is 7. The van der Waals surface area contributed by atoms with Gasteiger partial charge >= 0.3 is 23.9 Å². The zero-order chi connectivity index (χ0) is 35.1. The first-order valence-electron chi connectivity index (χ1n) is 16.5. The number of rotatable bonds is 28. The smallest absolute Gasteiger partial charge is 0.326 e. The van der Waals surface area contributed by atoms with E-state index in [9.17, 15) is 43.8 Å². The topological polar surface area (TPSA) is 236 Å². The molecule has 0 aromatic heterocycles. The molecule has 7 N–H and O–H groups in total. The summed E-state index contributed by atoms with van der Waals surface area (Å²) in [4.78, 5) is 84.2. The standard InChI is InChI=1S/C32H55N3O11/c1-4-5-6-7-8-9-10-11-12-13-14-17-26(36)33-24(29(40)34-23(31(43)44)16-15-18-27(37)38)19-21(2)28(39)35-25(32(45)46)20-22(3)30(41)42/h21-25H,4-20H2,1-3H3,(H,33,36)(H,34,40)(H,35,39)(H,37,38)(H,41,42)(H,43,44)(H,45,46). The van der Waals surface area contributed by atoms with E-state index in [4.69, 9.17) is 10.2 Å². The van der Waals surface area contributed by atoms with Crippen molar-refractivity contribution in [2.45, 2.75) is 148 Å². The molecule has 0 aliphatic carbocycles. The number of carboxylic acids is 4. The summed E-state index contributed by atoms with van der Waals surface area (Å²) in [5.74, 6) is -9.43. The van der Waals surface area contributed by atoms with E-state index < -0.39 is 71.6 Å². The Morgan fingerprint density at radius 3 is 1.46 bits per heavy atom. The third-order valence-electron chi connectivity index (χ3n) is 7.82. The van der Waals surface area contributed by atoms with Gasteiger partial charge in [-0.25, -0.2) is 9.59 Å². The van der Waals surface area contributed by atoms with E-state index in [0.717, 1.165) is 25.7 Å². The van der Waals surface area contributed by atoms with E-state index >= 15 is 0 Å². The minimum Gasteiger partial charge on any atom is -0.481 e. The van der Waals surface area contributed by atoms with Gasteiger partial charge in [-0.1, -0.05) is 85.0 Å². The molecule has 0 aliphatic heterocycles. The summed E-state index contributed by atoms with van der Waals surface area (Å²) < 4.78 is 0. The Balaban J connectivity index is 5.28. The van der Waals surface area contributed by atoms with E-state index in [2.05, 4.69) is 22.9 Å². The van der Waals surface area contributed by atoms with Gasteiger partial charge in [-0.15, -0.1) is 0 Å². The molecule has 5 unspecified atom stereocenters. The number of carboxylic acid groups (broad SMARTS) is 4. The second-order valence-electron chi connectivity index (χ2n) is 12.1. The molecule has 0 saturated carbocycles. The van der Waals surface area contributed by atoms with Crippen LogP contribution < -0.4 is 16.0 Å². The van der Waals surface area contributed by atoms with Crippen molar-refractivity contribution in [1.29, 1.82) is 0 Å². The second-order valence-corrected chi connectivity index (χ2v) is 12.1. The zero-order valence-electron chi connectivity index (χ0n) is 27.6. The molecule has 0 radical (unpaired) electrons. The Kier molecular flexibility index (Phi) is 22.5. The van der Waals surface area contributed by atoms with Crippen molar-refractivity contribution < 1.29 is 54.0 Å². The van der Waals surface area contributed by atoms with E-state index in [1.807, 2.05) is 0 Å². The molecular weight excluding hydrogens is 602 g/mol. The molecule has 14 nitrogen and oxygen atoms in total. The van der Waals surface area contributed by atoms with Crippen LogP contribution in [-0.2, 0) is 33.6 Å². The van der Waals surface area contributed by atoms with Crippen LogP contribution in [0.4, 0.5) is 0 Å². The Labute approximate surface area is 271 Å². The monoisotopic (exact) mass is 657 g/mol. The van der Waals surface area contributed by atoms with Gasteiger partial charge in [0.1, 0.15) is 18.1 Å². The maximum atomic E-state index is 13.2. The summed E-state index contributed by atoms with van der Waals surface area (Å²) in [7, 11) is 0. The minimum atomic E-state index is -1.50. The molecule has 3 amide bonds. The van der Waals surface area contributed by atoms with E-state index in [-0.39, 0.29) is 38.5 Å². The number of unbranched alkanes of at least 4 members (excludes halogenated alkanes) is 10. The fourth-order valence-corrected chi connectivity index (χ4v) is 4.89. The van der Waals surface area contributed by atoms with Crippen LogP contribution in [0.3, 0.4) is 0 Å². The highest BCUT2D eigenvalue weighted by atomic mass is 16.4. The summed E-state index contributed by atoms with van der Waals surface area (Å²) in [5.41, 5.74) is 0. The van der Waals surface area contributed by atoms with Crippen LogP contribution in [0.25, 0.3) is 0 Å². The summed E-state index contributed by atoms with van der Waals surface area (Å²) >= 11 is 0. The highest BCUT2D eigenvalue weighted by Gasteiger charge is 2.32. The average molecular weight is 658 g/mol. The van der Waals surface area contributed by atoms with Crippen molar-refractivity contribution in [2.75, 3.05) is 0 Å². The fourth-order valence-electron chi connectivity index (χ4n) is 4.89. The van der Waals surface area contributed by atoms with Crippen LogP contribution in [0.5, 0.6) is 0 Å². The van der Waals surface area contributed by atoms with Gasteiger partial charge in [0.2, 0.25) is 17.7 Å². The number of carbonyl (C=O) groups is 7. The van der Waals surface area contributed by atoms with Crippen molar-refractivity contribution in [1.82, 2.24) is 16.0 Å². The molecular formula is C32H55N3O11. The Bertz CT molecular complexity index is 988. The van der Waals surface area contributed by atoms with Gasteiger partial charge in [-0.2, -0.15) is 0 Å². The third-order valence-corrected chi connectivity index (χ3v) is 7.82. The van der Waals surface area contributed by atoms with Crippen LogP contribution in [0, 0.1) is 11.8 Å². The lowest BCUT2D eigenvalue weighted by atomic mass is 9.97. The van der Waals surface area contributed by atoms with E-state index in [1.54, 1.807) is 0 Å². The molecule has 264 valence electrons. The van der Waals surface area contributed by atoms with E-state index in [1.165, 1.54) is 52.4 Å². The predicted molar refractivity (Wildman–Crippen MR) is 169 cm³/mol. The summed E-state index contributed by atoms with van der Waals surface area (Å²) in [5, 5.41) is 44.1. The van der Waals surface area contributed by atoms with Crippen molar-refractivity contribution in [2.24, 2.45) is 11.8 Å². The largest absolute Gasteiger partial charge is 0.481 e. The lowest BCUT2D eigenvalue weighted by Crippen LogP contribution is -2.53. The van der Waals surface area contributed by atoms with Crippen molar-refractivity contribution in [3.05, 3.63) is 0 Å². The fraction of sp³-hybridized carbons (Fsp3) is 0.781. The van der Waals surface area contributed by atoms with Crippen molar-refractivity contribution in [3.63, 3.8) is 0 Å². The molecule has 0 saturated heterocycles. The summed E-state index contributed by atoms with van der Waals surface area (Å²) in [6.45, 7) is 4.88. The lowest BCUT2D eigenvalue weighted by molar-refractivity contribution is -0.146. The Morgan fingerprint density at radius 1 is 0.500 bits per heavy atom. The van der Waals surface area contributed by atoms with Gasteiger partial charge in [-0.05, 0) is 32.1 Å². The van der Waals surface area contributed by atoms with Crippen LogP contribution in [0.2, 0.25) is 0 Å². The second kappa shape index (κ2) is 24.5. The number of amides is 3. The highest BCUT2D eigenvalue weighted by Crippen LogP contribution is 2.14. The van der Waals surface area contributed by atoms with E-state index in [0.29, 0.717) is 6.42 Å². The van der Waals surface area contributed by atoms with Gasteiger partial charge in [-0.3, -0.25) is 24.0 Å². The van der Waals surface area contributed by atoms with Crippen molar-refractivity contribution in [3.8, 4) is 0 Å². The van der Waals surface area contributed by atoms with Gasteiger partial charge in [0, 0.05) is 18.8 Å². The lowest BCUT2D eigenvalue weighted by Gasteiger charge is -2.25. The molecule has 0 aliphatic rings. The summed E-state index contributed by atoms with van der Waals surface area (Å²) in [6, 6.07) is -4.28. The van der Waals surface area contributed by atoms with Crippen LogP contribution in [0.15, 0.2) is 0 Å². The number of nitrogens with one attached hydrogen (secondary N) is 3. The minimum absolute atomic E-state index is 0.0212. The maximum Gasteiger partial charge on any atom is 0.326 e. The molecule has 0 aromatic rings. The molecule has 5 atom stereocenters. The molecule has 0 heterocycles. The summed E-state index contributed by atoms with van der Waals surface area (Å²) in [6.07, 6.45) is 10.9. The Hall–Kier alpha value is -3.71. The molecule has 0 spiro atoms. The number of hydrogen-bond donors (Lipinski definition) is 7. The molecule has 0 aromatic carbocycles. The molecule has 0 rings (SSSR count). The van der Waals surface area contributed by atoms with Gasteiger partial charge in [0.15, 0.2) is 0 Å². The maximum absolute atomic E-state index is 13.2. The Morgan fingerprint density at radius 2 is 0.978 bits per heavy atom. The molecule has 0 fully saturated rings. The number of aliphatic carboxylic acids is 4. The average Bonchev–Trinajstić information content (AvgIpc) is 2.97. The molecule has 14 heteroatoms. The van der Waals surface area contributed by atoms with Crippen LogP contribution in [0.1, 0.15) is 130 Å². The first-order chi connectivity index (χ1) is 21.7. The molecule has 0 bridgehead atoms. The first kappa shape index (κ1) is 42.3. The van der Waals surface area contributed by atoms with Crippen molar-refractivity contribution >= 4 is 41.6 Å². The number of carbonyl (C=O) groups excluding carboxylic acids is 3.